The van der Waals surface area contributed by atoms with E-state index in [2.05, 4.69) is 48.9 Å². The Balaban J connectivity index is 1.51. The topological polar surface area (TPSA) is 45.2 Å². The Labute approximate surface area is 136 Å². The van der Waals surface area contributed by atoms with Crippen LogP contribution in [-0.4, -0.2) is 50.5 Å². The lowest BCUT2D eigenvalue weighted by molar-refractivity contribution is 0.204. The van der Waals surface area contributed by atoms with Crippen LogP contribution in [0.4, 0.5) is 0 Å². The molecule has 0 radical (unpaired) electrons. The summed E-state index contributed by atoms with van der Waals surface area (Å²) >= 11 is 1.44. The van der Waals surface area contributed by atoms with Crippen molar-refractivity contribution < 1.29 is 0 Å². The molecular formula is C16H23N5S. The molecule has 1 fully saturated rings. The largest absolute Gasteiger partial charge is 0.298 e. The molecule has 1 saturated heterocycles. The molecule has 0 bridgehead atoms. The maximum atomic E-state index is 4.44. The summed E-state index contributed by atoms with van der Waals surface area (Å²) in [7, 11) is 2.22. The third-order valence-electron chi connectivity index (χ3n) is 4.34. The molecule has 0 aliphatic carbocycles. The maximum Gasteiger partial charge on any atom is 0.0895 e. The first kappa shape index (κ1) is 15.5. The molecule has 0 saturated carbocycles. The van der Waals surface area contributed by atoms with Gasteiger partial charge in [0.15, 0.2) is 0 Å². The number of hydrogen-bond donors (Lipinski definition) is 0. The van der Waals surface area contributed by atoms with E-state index >= 15 is 0 Å². The van der Waals surface area contributed by atoms with Crippen molar-refractivity contribution in [2.45, 2.75) is 38.4 Å². The van der Waals surface area contributed by atoms with Gasteiger partial charge in [0, 0.05) is 37.3 Å². The normalized spacial score (nSPS) is 20.2. The Hall–Kier alpha value is -1.37. The van der Waals surface area contributed by atoms with Crippen molar-refractivity contribution in [3.8, 4) is 0 Å². The summed E-state index contributed by atoms with van der Waals surface area (Å²) in [6, 6.07) is 6.78. The molecule has 0 spiro atoms. The van der Waals surface area contributed by atoms with Gasteiger partial charge in [0.25, 0.3) is 0 Å². The van der Waals surface area contributed by atoms with Crippen LogP contribution in [0.15, 0.2) is 29.8 Å². The van der Waals surface area contributed by atoms with Crippen LogP contribution in [0.25, 0.3) is 0 Å². The molecule has 1 atom stereocenters. The molecule has 0 aromatic carbocycles. The van der Waals surface area contributed by atoms with E-state index in [-0.39, 0.29) is 0 Å². The minimum Gasteiger partial charge on any atom is -0.298 e. The monoisotopic (exact) mass is 317 g/mol. The van der Waals surface area contributed by atoms with Gasteiger partial charge in [-0.1, -0.05) is 10.6 Å². The minimum atomic E-state index is 0.639. The molecule has 3 heterocycles. The zero-order chi connectivity index (χ0) is 15.2. The van der Waals surface area contributed by atoms with Gasteiger partial charge in [-0.3, -0.25) is 14.8 Å². The summed E-state index contributed by atoms with van der Waals surface area (Å²) in [6.07, 6.45) is 5.59. The van der Waals surface area contributed by atoms with Crippen molar-refractivity contribution in [1.29, 1.82) is 0 Å². The van der Waals surface area contributed by atoms with Gasteiger partial charge in [0.1, 0.15) is 0 Å². The van der Waals surface area contributed by atoms with Crippen LogP contribution in [0.2, 0.25) is 0 Å². The highest BCUT2D eigenvalue weighted by Gasteiger charge is 2.21. The van der Waals surface area contributed by atoms with E-state index in [0.29, 0.717) is 6.04 Å². The van der Waals surface area contributed by atoms with Crippen molar-refractivity contribution in [3.05, 3.63) is 41.2 Å². The summed E-state index contributed by atoms with van der Waals surface area (Å²) in [4.78, 5) is 9.40. The molecule has 0 N–H and O–H groups in total. The van der Waals surface area contributed by atoms with Crippen molar-refractivity contribution >= 4 is 11.5 Å². The lowest BCUT2D eigenvalue weighted by atomic mass is 10.1. The third kappa shape index (κ3) is 4.32. The van der Waals surface area contributed by atoms with Crippen LogP contribution in [0.1, 0.15) is 30.7 Å². The summed E-state index contributed by atoms with van der Waals surface area (Å²) in [5.74, 6) is 0. The molecule has 3 rings (SSSR count). The molecule has 1 aliphatic rings. The molecule has 6 heteroatoms. The number of aromatic nitrogens is 3. The second-order valence-corrected chi connectivity index (χ2v) is 6.60. The SMILES string of the molecule is CN(Cc1ccccn1)[C@@H]1CCCN(Cc2csnn2)CC1. The first-order chi connectivity index (χ1) is 10.8. The van der Waals surface area contributed by atoms with E-state index in [1.807, 2.05) is 12.3 Å². The summed E-state index contributed by atoms with van der Waals surface area (Å²) in [6.45, 7) is 4.16. The molecule has 0 amide bonds. The van der Waals surface area contributed by atoms with E-state index in [1.54, 1.807) is 0 Å². The molecule has 118 valence electrons. The van der Waals surface area contributed by atoms with Crippen molar-refractivity contribution in [2.75, 3.05) is 20.1 Å². The molecule has 22 heavy (non-hydrogen) atoms. The maximum absolute atomic E-state index is 4.44. The third-order valence-corrected chi connectivity index (χ3v) is 4.90. The molecule has 2 aromatic heterocycles. The van der Waals surface area contributed by atoms with E-state index in [0.717, 1.165) is 37.6 Å². The van der Waals surface area contributed by atoms with Crippen LogP contribution >= 0.6 is 11.5 Å². The highest BCUT2D eigenvalue weighted by molar-refractivity contribution is 7.03. The smallest absolute Gasteiger partial charge is 0.0895 e. The number of pyridine rings is 1. The highest BCUT2D eigenvalue weighted by Crippen LogP contribution is 2.18. The minimum absolute atomic E-state index is 0.639. The second kappa shape index (κ2) is 7.76. The Morgan fingerprint density at radius 1 is 1.27 bits per heavy atom. The number of likely N-dealkylation sites (tertiary alicyclic amines) is 1. The first-order valence-corrected chi connectivity index (χ1v) is 8.73. The van der Waals surface area contributed by atoms with E-state index in [9.17, 15) is 0 Å². The fourth-order valence-electron chi connectivity index (χ4n) is 3.10. The average Bonchev–Trinajstić information content (AvgIpc) is 2.92. The van der Waals surface area contributed by atoms with Gasteiger partial charge < -0.3 is 0 Å². The number of rotatable bonds is 5. The first-order valence-electron chi connectivity index (χ1n) is 7.89. The van der Waals surface area contributed by atoms with Crippen LogP contribution in [0, 0.1) is 0 Å². The average molecular weight is 317 g/mol. The van der Waals surface area contributed by atoms with Crippen LogP contribution in [-0.2, 0) is 13.1 Å². The molecular weight excluding hydrogens is 294 g/mol. The summed E-state index contributed by atoms with van der Waals surface area (Å²) < 4.78 is 3.95. The van der Waals surface area contributed by atoms with Gasteiger partial charge in [0.2, 0.25) is 0 Å². The predicted octanol–water partition coefficient (Wildman–Crippen LogP) is 2.42. The highest BCUT2D eigenvalue weighted by atomic mass is 32.1. The quantitative estimate of drug-likeness (QED) is 0.847. The van der Waals surface area contributed by atoms with Crippen LogP contribution < -0.4 is 0 Å². The molecule has 0 unspecified atom stereocenters. The Morgan fingerprint density at radius 3 is 3.00 bits per heavy atom. The zero-order valence-corrected chi connectivity index (χ0v) is 13.9. The predicted molar refractivity (Wildman–Crippen MR) is 88.5 cm³/mol. The van der Waals surface area contributed by atoms with Gasteiger partial charge in [-0.15, -0.1) is 5.10 Å². The van der Waals surface area contributed by atoms with E-state index in [4.69, 9.17) is 0 Å². The summed E-state index contributed by atoms with van der Waals surface area (Å²) in [5.41, 5.74) is 2.25. The standard InChI is InChI=1S/C16H23N5S/c1-20(11-14-5-2-3-8-17-14)16-6-4-9-21(10-7-16)12-15-13-22-19-18-15/h2-3,5,8,13,16H,4,6-7,9-12H2,1H3/t16-/m1/s1. The van der Waals surface area contributed by atoms with Crippen molar-refractivity contribution in [2.24, 2.45) is 0 Å². The molecule has 1 aliphatic heterocycles. The second-order valence-electron chi connectivity index (χ2n) is 5.99. The van der Waals surface area contributed by atoms with E-state index < -0.39 is 0 Å². The van der Waals surface area contributed by atoms with Gasteiger partial charge >= 0.3 is 0 Å². The Bertz CT molecular complexity index is 545. The fraction of sp³-hybridized carbons (Fsp3) is 0.562. The van der Waals surface area contributed by atoms with Gasteiger partial charge in [-0.05, 0) is 56.5 Å². The lowest BCUT2D eigenvalue weighted by Gasteiger charge is -2.27. The van der Waals surface area contributed by atoms with E-state index in [1.165, 1.54) is 30.8 Å². The van der Waals surface area contributed by atoms with Gasteiger partial charge in [0.05, 0.1) is 11.4 Å². The van der Waals surface area contributed by atoms with Crippen molar-refractivity contribution in [1.82, 2.24) is 24.4 Å². The lowest BCUT2D eigenvalue weighted by Crippen LogP contribution is -2.32. The Kier molecular flexibility index (Phi) is 5.48. The summed E-state index contributed by atoms with van der Waals surface area (Å²) in [5, 5.41) is 6.21. The zero-order valence-electron chi connectivity index (χ0n) is 13.1. The van der Waals surface area contributed by atoms with Crippen LogP contribution in [0.5, 0.6) is 0 Å². The number of hydrogen-bond acceptors (Lipinski definition) is 6. The Morgan fingerprint density at radius 2 is 2.23 bits per heavy atom. The fourth-order valence-corrected chi connectivity index (χ4v) is 3.54. The number of nitrogens with zero attached hydrogens (tertiary/aromatic N) is 5. The molecule has 5 nitrogen and oxygen atoms in total. The van der Waals surface area contributed by atoms with Gasteiger partial charge in [-0.25, -0.2) is 0 Å². The molecule has 2 aromatic rings. The van der Waals surface area contributed by atoms with Gasteiger partial charge in [-0.2, -0.15) is 0 Å². The van der Waals surface area contributed by atoms with Crippen LogP contribution in [0.3, 0.4) is 0 Å². The van der Waals surface area contributed by atoms with Crippen molar-refractivity contribution in [3.63, 3.8) is 0 Å².